The van der Waals surface area contributed by atoms with Gasteiger partial charge in [0.05, 0.1) is 24.7 Å². The van der Waals surface area contributed by atoms with E-state index in [2.05, 4.69) is 20.0 Å². The van der Waals surface area contributed by atoms with Crippen molar-refractivity contribution < 1.29 is 19.1 Å². The van der Waals surface area contributed by atoms with Crippen molar-refractivity contribution in [2.75, 3.05) is 25.5 Å². The number of aromatic amines is 1. The molecule has 3 rings (SSSR count). The number of ether oxygens (including phenoxy) is 1. The molecule has 1 aromatic heterocycles. The summed E-state index contributed by atoms with van der Waals surface area (Å²) in [7, 11) is 1.30. The average Bonchev–Trinajstić information content (AvgIpc) is 3.13. The van der Waals surface area contributed by atoms with E-state index >= 15 is 0 Å². The fourth-order valence-corrected chi connectivity index (χ4v) is 2.22. The first-order valence-electron chi connectivity index (χ1n) is 7.35. The second-order valence-corrected chi connectivity index (χ2v) is 5.10. The number of nitrogens with zero attached hydrogens (tertiary/aromatic N) is 2. The summed E-state index contributed by atoms with van der Waals surface area (Å²) in [4.78, 5) is 40.6. The highest BCUT2D eigenvalue weighted by molar-refractivity contribution is 5.86. The maximum atomic E-state index is 10.9. The van der Waals surface area contributed by atoms with Crippen molar-refractivity contribution >= 4 is 34.9 Å². The van der Waals surface area contributed by atoms with Gasteiger partial charge in [0.2, 0.25) is 17.8 Å². The lowest BCUT2D eigenvalue weighted by molar-refractivity contribution is -0.132. The first-order valence-corrected chi connectivity index (χ1v) is 7.35. The highest BCUT2D eigenvalue weighted by Crippen LogP contribution is 2.13. The molecule has 0 atom stereocenters. The normalized spacial score (nSPS) is 13.4. The largest absolute Gasteiger partial charge is 0.453 e. The quantitative estimate of drug-likeness (QED) is 0.766. The highest BCUT2D eigenvalue weighted by atomic mass is 16.5. The monoisotopic (exact) mass is 333 g/mol. The molecule has 128 valence electrons. The van der Waals surface area contributed by atoms with E-state index in [-0.39, 0.29) is 12.5 Å². The second kappa shape index (κ2) is 7.95. The summed E-state index contributed by atoms with van der Waals surface area (Å²) in [6, 6.07) is 7.51. The number of primary amides is 1. The minimum absolute atomic E-state index is 0.0406. The molecular weight excluding hydrogens is 314 g/mol. The molecule has 1 aromatic carbocycles. The van der Waals surface area contributed by atoms with Crippen LogP contribution in [-0.2, 0) is 14.3 Å². The van der Waals surface area contributed by atoms with Crippen LogP contribution in [-0.4, -0.2) is 53.0 Å². The van der Waals surface area contributed by atoms with Gasteiger partial charge in [-0.05, 0) is 18.6 Å². The van der Waals surface area contributed by atoms with Gasteiger partial charge in [0.1, 0.15) is 0 Å². The number of fused-ring (bicyclic) bond motifs is 1. The number of carbonyl (C=O) groups excluding carboxylic acids is 3. The molecule has 1 fully saturated rings. The zero-order valence-electron chi connectivity index (χ0n) is 13.2. The van der Waals surface area contributed by atoms with Crippen LogP contribution in [0.3, 0.4) is 0 Å². The third-order valence-corrected chi connectivity index (χ3v) is 3.31. The number of likely N-dealkylation sites (tertiary alicyclic amines) is 1. The van der Waals surface area contributed by atoms with Crippen LogP contribution in [0.15, 0.2) is 24.3 Å². The van der Waals surface area contributed by atoms with Crippen LogP contribution in [0.2, 0.25) is 0 Å². The number of aromatic nitrogens is 2. The number of imidazole rings is 1. The Morgan fingerprint density at radius 3 is 2.75 bits per heavy atom. The predicted octanol–water partition coefficient (Wildman–Crippen LogP) is 0.835. The zero-order valence-corrected chi connectivity index (χ0v) is 13.2. The Morgan fingerprint density at radius 1 is 1.42 bits per heavy atom. The number of anilines is 1. The lowest BCUT2D eigenvalue weighted by atomic mass is 10.3. The van der Waals surface area contributed by atoms with Crippen molar-refractivity contribution in [2.24, 2.45) is 5.73 Å². The van der Waals surface area contributed by atoms with E-state index in [1.165, 1.54) is 12.0 Å². The van der Waals surface area contributed by atoms with Crippen LogP contribution in [0.5, 0.6) is 0 Å². The second-order valence-electron chi connectivity index (χ2n) is 5.10. The van der Waals surface area contributed by atoms with Crippen LogP contribution in [0.4, 0.5) is 10.7 Å². The summed E-state index contributed by atoms with van der Waals surface area (Å²) in [6.45, 7) is 0.764. The number of amides is 3. The van der Waals surface area contributed by atoms with Gasteiger partial charge >= 0.3 is 6.09 Å². The summed E-state index contributed by atoms with van der Waals surface area (Å²) in [5, 5.41) is 2.45. The number of para-hydroxylation sites is 2. The van der Waals surface area contributed by atoms with E-state index in [0.717, 1.165) is 17.5 Å². The molecule has 9 nitrogen and oxygen atoms in total. The number of carbonyl (C=O) groups is 3. The van der Waals surface area contributed by atoms with Gasteiger partial charge in [-0.1, -0.05) is 12.1 Å². The SMILES string of the molecule is COC(=O)Nc1nc2ccccc2[nH]1.NC(=O)CN1CCCC1=O. The van der Waals surface area contributed by atoms with Gasteiger partial charge in [-0.25, -0.2) is 9.78 Å². The van der Waals surface area contributed by atoms with Gasteiger partial charge in [0.25, 0.3) is 0 Å². The van der Waals surface area contributed by atoms with Crippen molar-refractivity contribution in [1.29, 1.82) is 0 Å². The van der Waals surface area contributed by atoms with Crippen LogP contribution < -0.4 is 11.1 Å². The van der Waals surface area contributed by atoms with E-state index in [0.29, 0.717) is 18.9 Å². The molecule has 1 aliphatic rings. The summed E-state index contributed by atoms with van der Waals surface area (Å²) >= 11 is 0. The Labute approximate surface area is 138 Å². The fraction of sp³-hybridized carbons (Fsp3) is 0.333. The maximum Gasteiger partial charge on any atom is 0.413 e. The third kappa shape index (κ3) is 4.70. The number of nitrogens with one attached hydrogen (secondary N) is 2. The van der Waals surface area contributed by atoms with Gasteiger partial charge in [0.15, 0.2) is 0 Å². The molecule has 2 heterocycles. The van der Waals surface area contributed by atoms with Gasteiger partial charge in [0, 0.05) is 13.0 Å². The van der Waals surface area contributed by atoms with Gasteiger partial charge in [-0.15, -0.1) is 0 Å². The minimum atomic E-state index is -0.538. The molecule has 4 N–H and O–H groups in total. The summed E-state index contributed by atoms with van der Waals surface area (Å²) in [6.07, 6.45) is 0.878. The van der Waals surface area contributed by atoms with Gasteiger partial charge in [-0.3, -0.25) is 14.9 Å². The third-order valence-electron chi connectivity index (χ3n) is 3.31. The zero-order chi connectivity index (χ0) is 17.5. The van der Waals surface area contributed by atoms with Crippen molar-refractivity contribution in [3.8, 4) is 0 Å². The van der Waals surface area contributed by atoms with Gasteiger partial charge in [-0.2, -0.15) is 0 Å². The van der Waals surface area contributed by atoms with Gasteiger partial charge < -0.3 is 20.4 Å². The smallest absolute Gasteiger partial charge is 0.413 e. The number of H-pyrrole nitrogens is 1. The Morgan fingerprint density at radius 2 is 2.17 bits per heavy atom. The van der Waals surface area contributed by atoms with E-state index in [4.69, 9.17) is 5.73 Å². The van der Waals surface area contributed by atoms with Crippen LogP contribution in [0.25, 0.3) is 11.0 Å². The molecule has 0 spiro atoms. The van der Waals surface area contributed by atoms with Crippen molar-refractivity contribution in [1.82, 2.24) is 14.9 Å². The molecule has 2 aromatic rings. The molecule has 9 heteroatoms. The van der Waals surface area contributed by atoms with E-state index < -0.39 is 12.0 Å². The topological polar surface area (TPSA) is 130 Å². The molecule has 1 saturated heterocycles. The minimum Gasteiger partial charge on any atom is -0.453 e. The lowest BCUT2D eigenvalue weighted by Crippen LogP contribution is -2.34. The van der Waals surface area contributed by atoms with Crippen molar-refractivity contribution in [3.63, 3.8) is 0 Å². The molecule has 24 heavy (non-hydrogen) atoms. The van der Waals surface area contributed by atoms with E-state index in [1.54, 1.807) is 0 Å². The maximum absolute atomic E-state index is 10.9. The van der Waals surface area contributed by atoms with Crippen molar-refractivity contribution in [2.45, 2.75) is 12.8 Å². The van der Waals surface area contributed by atoms with Crippen LogP contribution >= 0.6 is 0 Å². The first-order chi connectivity index (χ1) is 11.5. The van der Waals surface area contributed by atoms with E-state index in [9.17, 15) is 14.4 Å². The Kier molecular flexibility index (Phi) is 5.72. The number of benzene rings is 1. The highest BCUT2D eigenvalue weighted by Gasteiger charge is 2.20. The number of rotatable bonds is 3. The molecule has 0 aliphatic carbocycles. The Bertz CT molecular complexity index is 709. The van der Waals surface area contributed by atoms with E-state index in [1.807, 2.05) is 24.3 Å². The average molecular weight is 333 g/mol. The molecule has 0 unspecified atom stereocenters. The predicted molar refractivity (Wildman–Crippen MR) is 87.1 cm³/mol. The number of nitrogens with two attached hydrogens (primary N) is 1. The van der Waals surface area contributed by atoms with Crippen molar-refractivity contribution in [3.05, 3.63) is 24.3 Å². The van der Waals surface area contributed by atoms with Crippen LogP contribution in [0.1, 0.15) is 12.8 Å². The number of hydrogen-bond donors (Lipinski definition) is 3. The number of hydrogen-bond acceptors (Lipinski definition) is 5. The first kappa shape index (κ1) is 17.3. The fourth-order valence-electron chi connectivity index (χ4n) is 2.22. The molecule has 3 amide bonds. The van der Waals surface area contributed by atoms with Crippen LogP contribution in [0, 0.1) is 0 Å². The molecule has 0 bridgehead atoms. The Balaban J connectivity index is 0.000000185. The summed E-state index contributed by atoms with van der Waals surface area (Å²) in [5.74, 6) is -0.00731. The summed E-state index contributed by atoms with van der Waals surface area (Å²) in [5.41, 5.74) is 6.58. The lowest BCUT2D eigenvalue weighted by Gasteiger charge is -2.11. The summed E-state index contributed by atoms with van der Waals surface area (Å²) < 4.78 is 4.44. The number of methoxy groups -OCH3 is 1. The molecule has 1 aliphatic heterocycles. The molecule has 0 saturated carbocycles. The Hall–Kier alpha value is -3.10. The molecule has 0 radical (unpaired) electrons. The molecular formula is C15H19N5O4. The standard InChI is InChI=1S/C9H9N3O2.C6H10N2O2/c1-14-9(13)12-8-10-6-4-2-3-5-7(6)11-8;7-5(9)4-8-3-1-2-6(8)10/h2-5H,1H3,(H2,10,11,12,13);1-4H2,(H2,7,9).